The number of fused-ring (bicyclic) bond motifs is 1. The smallest absolute Gasteiger partial charge is 0.340 e. The van der Waals surface area contributed by atoms with Crippen LogP contribution in [-0.2, 0) is 11.3 Å². The average Bonchev–Trinajstić information content (AvgIpc) is 3.33. The second kappa shape index (κ2) is 6.76. The molecule has 0 amide bonds. The first-order valence-electron chi connectivity index (χ1n) is 8.08. The first-order chi connectivity index (χ1) is 12.7. The molecular formula is C20H16N2O4. The van der Waals surface area contributed by atoms with Gasteiger partial charge >= 0.3 is 5.97 Å². The van der Waals surface area contributed by atoms with Gasteiger partial charge in [0.1, 0.15) is 18.1 Å². The van der Waals surface area contributed by atoms with Crippen molar-refractivity contribution in [3.8, 4) is 17.1 Å². The maximum absolute atomic E-state index is 12.3. The third kappa shape index (κ3) is 3.04. The molecule has 6 nitrogen and oxygen atoms in total. The normalized spacial score (nSPS) is 10.8. The molecule has 26 heavy (non-hydrogen) atoms. The quantitative estimate of drug-likeness (QED) is 0.547. The third-order valence-corrected chi connectivity index (χ3v) is 4.09. The van der Waals surface area contributed by atoms with Gasteiger partial charge in [0, 0.05) is 28.7 Å². The highest BCUT2D eigenvalue weighted by Gasteiger charge is 2.14. The Morgan fingerprint density at radius 1 is 1.15 bits per heavy atom. The molecule has 0 bridgehead atoms. The maximum atomic E-state index is 12.3. The Hall–Kier alpha value is -3.54. The number of nitrogens with one attached hydrogen (secondary N) is 1. The van der Waals surface area contributed by atoms with E-state index in [2.05, 4.69) is 10.1 Å². The molecule has 6 heteroatoms. The lowest BCUT2D eigenvalue weighted by molar-refractivity contribution is 0.0466. The zero-order valence-corrected chi connectivity index (χ0v) is 14.1. The van der Waals surface area contributed by atoms with Crippen LogP contribution in [0.25, 0.3) is 22.2 Å². The van der Waals surface area contributed by atoms with Crippen molar-refractivity contribution < 1.29 is 18.8 Å². The second-order valence-electron chi connectivity index (χ2n) is 5.74. The molecule has 0 aliphatic heterocycles. The van der Waals surface area contributed by atoms with Crippen LogP contribution in [-0.4, -0.2) is 23.2 Å². The summed E-state index contributed by atoms with van der Waals surface area (Å²) in [7, 11) is 1.61. The fraction of sp³-hybridized carbons (Fsp3) is 0.100. The Labute approximate surface area is 149 Å². The van der Waals surface area contributed by atoms with Gasteiger partial charge in [-0.1, -0.05) is 23.4 Å². The molecule has 1 N–H and O–H groups in total. The fourth-order valence-electron chi connectivity index (χ4n) is 2.73. The monoisotopic (exact) mass is 348 g/mol. The van der Waals surface area contributed by atoms with Gasteiger partial charge in [0.25, 0.3) is 0 Å². The largest absolute Gasteiger partial charge is 0.497 e. The van der Waals surface area contributed by atoms with Crippen molar-refractivity contribution in [3.05, 3.63) is 72.1 Å². The van der Waals surface area contributed by atoms with Gasteiger partial charge in [0.2, 0.25) is 0 Å². The number of rotatable bonds is 5. The highest BCUT2D eigenvalue weighted by Crippen LogP contribution is 2.24. The third-order valence-electron chi connectivity index (χ3n) is 4.09. The van der Waals surface area contributed by atoms with Gasteiger partial charge in [-0.25, -0.2) is 4.79 Å². The molecule has 0 saturated heterocycles. The lowest BCUT2D eigenvalue weighted by Crippen LogP contribution is -2.04. The van der Waals surface area contributed by atoms with Crippen LogP contribution in [0.1, 0.15) is 16.1 Å². The van der Waals surface area contributed by atoms with Crippen LogP contribution < -0.4 is 4.74 Å². The molecule has 2 aromatic heterocycles. The molecule has 0 radical (unpaired) electrons. The number of carbonyl (C=O) groups excluding carboxylic acids is 1. The van der Waals surface area contributed by atoms with Gasteiger partial charge in [0.15, 0.2) is 5.76 Å². The fourth-order valence-corrected chi connectivity index (χ4v) is 2.73. The molecule has 4 rings (SSSR count). The summed E-state index contributed by atoms with van der Waals surface area (Å²) in [6.07, 6.45) is 1.65. The molecule has 0 saturated carbocycles. The van der Waals surface area contributed by atoms with Crippen LogP contribution in [0.3, 0.4) is 0 Å². The van der Waals surface area contributed by atoms with Gasteiger partial charge < -0.3 is 19.0 Å². The minimum atomic E-state index is -0.406. The second-order valence-corrected chi connectivity index (χ2v) is 5.74. The van der Waals surface area contributed by atoms with E-state index in [4.69, 9.17) is 14.0 Å². The summed E-state index contributed by atoms with van der Waals surface area (Å²) < 4.78 is 15.8. The number of nitrogens with zero attached hydrogens (tertiary/aromatic N) is 1. The van der Waals surface area contributed by atoms with E-state index < -0.39 is 5.97 Å². The summed E-state index contributed by atoms with van der Waals surface area (Å²) >= 11 is 0. The summed E-state index contributed by atoms with van der Waals surface area (Å²) in [6, 6.07) is 16.8. The first-order valence-corrected chi connectivity index (χ1v) is 8.08. The minimum absolute atomic E-state index is 0.0397. The number of carbonyl (C=O) groups is 1. The van der Waals surface area contributed by atoms with Gasteiger partial charge in [0.05, 0.1) is 12.7 Å². The zero-order valence-electron chi connectivity index (χ0n) is 14.1. The summed E-state index contributed by atoms with van der Waals surface area (Å²) in [6.45, 7) is 0.0397. The van der Waals surface area contributed by atoms with Crippen LogP contribution in [0.5, 0.6) is 5.75 Å². The predicted octanol–water partition coefficient (Wildman–Crippen LogP) is 4.19. The van der Waals surface area contributed by atoms with E-state index in [1.807, 2.05) is 48.5 Å². The van der Waals surface area contributed by atoms with E-state index in [-0.39, 0.29) is 6.61 Å². The van der Waals surface area contributed by atoms with Gasteiger partial charge in [-0.15, -0.1) is 0 Å². The molecule has 4 aromatic rings. The molecule has 0 spiro atoms. The molecule has 0 aliphatic carbocycles. The minimum Gasteiger partial charge on any atom is -0.497 e. The van der Waals surface area contributed by atoms with Gasteiger partial charge in [-0.05, 0) is 30.3 Å². The van der Waals surface area contributed by atoms with Crippen LogP contribution >= 0.6 is 0 Å². The molecule has 130 valence electrons. The standard InChI is InChI=1S/C20H16N2O4/c1-24-15-8-6-13(7-9-15)19-10-14(22-26-19)12-25-20(23)17-11-21-18-5-3-2-4-16(17)18/h2-11,21H,12H2,1H3. The Bertz CT molecular complexity index is 1050. The molecule has 2 heterocycles. The van der Waals surface area contributed by atoms with Crippen molar-refractivity contribution in [1.82, 2.24) is 10.1 Å². The number of esters is 1. The van der Waals surface area contributed by atoms with Crippen LogP contribution in [0, 0.1) is 0 Å². The number of ether oxygens (including phenoxy) is 2. The molecule has 0 unspecified atom stereocenters. The summed E-state index contributed by atoms with van der Waals surface area (Å²) in [4.78, 5) is 15.4. The SMILES string of the molecule is COc1ccc(-c2cc(COC(=O)c3c[nH]c4ccccc34)no2)cc1. The number of H-pyrrole nitrogens is 1. The number of aromatic nitrogens is 2. The van der Waals surface area contributed by atoms with Crippen LogP contribution in [0.15, 0.2) is 65.3 Å². The van der Waals surface area contributed by atoms with E-state index in [0.717, 1.165) is 22.2 Å². The Kier molecular flexibility index (Phi) is 4.15. The molecular weight excluding hydrogens is 332 g/mol. The zero-order chi connectivity index (χ0) is 17.9. The van der Waals surface area contributed by atoms with E-state index in [0.29, 0.717) is 17.0 Å². The van der Waals surface area contributed by atoms with Gasteiger partial charge in [-0.2, -0.15) is 0 Å². The Morgan fingerprint density at radius 2 is 1.96 bits per heavy atom. The van der Waals surface area contributed by atoms with E-state index in [9.17, 15) is 4.79 Å². The molecule has 0 fully saturated rings. The highest BCUT2D eigenvalue weighted by molar-refractivity contribution is 6.03. The maximum Gasteiger partial charge on any atom is 0.340 e. The molecule has 0 aliphatic rings. The number of hydrogen-bond donors (Lipinski definition) is 1. The summed E-state index contributed by atoms with van der Waals surface area (Å²) in [5, 5.41) is 4.79. The number of aromatic amines is 1. The van der Waals surface area contributed by atoms with Crippen molar-refractivity contribution in [2.75, 3.05) is 7.11 Å². The first kappa shape index (κ1) is 16.0. The lowest BCUT2D eigenvalue weighted by Gasteiger charge is -2.01. The van der Waals surface area contributed by atoms with Crippen molar-refractivity contribution >= 4 is 16.9 Å². The van der Waals surface area contributed by atoms with Gasteiger partial charge in [-0.3, -0.25) is 0 Å². The number of para-hydroxylation sites is 1. The Balaban J connectivity index is 1.45. The summed E-state index contributed by atoms with van der Waals surface area (Å²) in [5.41, 5.74) is 2.80. The topological polar surface area (TPSA) is 77.4 Å². The highest BCUT2D eigenvalue weighted by atomic mass is 16.5. The van der Waals surface area contributed by atoms with Crippen LogP contribution in [0.4, 0.5) is 0 Å². The van der Waals surface area contributed by atoms with Crippen molar-refractivity contribution in [2.45, 2.75) is 6.61 Å². The van der Waals surface area contributed by atoms with E-state index >= 15 is 0 Å². The molecule has 0 atom stereocenters. The predicted molar refractivity (Wildman–Crippen MR) is 95.9 cm³/mol. The number of methoxy groups -OCH3 is 1. The van der Waals surface area contributed by atoms with Crippen molar-refractivity contribution in [3.63, 3.8) is 0 Å². The lowest BCUT2D eigenvalue weighted by atomic mass is 10.1. The van der Waals surface area contributed by atoms with E-state index in [1.54, 1.807) is 19.4 Å². The van der Waals surface area contributed by atoms with E-state index in [1.165, 1.54) is 0 Å². The number of hydrogen-bond acceptors (Lipinski definition) is 5. The Morgan fingerprint density at radius 3 is 2.77 bits per heavy atom. The van der Waals surface area contributed by atoms with Crippen LogP contribution in [0.2, 0.25) is 0 Å². The number of benzene rings is 2. The molecule has 2 aromatic carbocycles. The average molecular weight is 348 g/mol. The van der Waals surface area contributed by atoms with Crippen molar-refractivity contribution in [1.29, 1.82) is 0 Å². The van der Waals surface area contributed by atoms with Crippen molar-refractivity contribution in [2.24, 2.45) is 0 Å². The summed E-state index contributed by atoms with van der Waals surface area (Å²) in [5.74, 6) is 0.961.